The Morgan fingerprint density at radius 3 is 2.38 bits per heavy atom. The lowest BCUT2D eigenvalue weighted by molar-refractivity contribution is -0.141. The molecule has 1 aromatic rings. The molecule has 0 aliphatic carbocycles. The zero-order valence-electron chi connectivity index (χ0n) is 8.80. The Morgan fingerprint density at radius 2 is 1.88 bits per heavy atom. The summed E-state index contributed by atoms with van der Waals surface area (Å²) in [7, 11) is 0. The number of thioether (sulfide) groups is 1. The van der Waals surface area contributed by atoms with Crippen LogP contribution >= 0.6 is 11.8 Å². The van der Waals surface area contributed by atoms with Crippen LogP contribution in [0, 0.1) is 0 Å². The molecular weight excluding hydrogens is 228 g/mol. The van der Waals surface area contributed by atoms with E-state index in [4.69, 9.17) is 9.84 Å². The van der Waals surface area contributed by atoms with Gasteiger partial charge in [-0.15, -0.1) is 11.8 Å². The summed E-state index contributed by atoms with van der Waals surface area (Å²) >= 11 is 1.59. The molecule has 0 spiro atoms. The van der Waals surface area contributed by atoms with E-state index < -0.39 is 12.6 Å². The number of hydrogen-bond donors (Lipinski definition) is 1. The number of carboxylic acid groups (broad SMARTS) is 1. The molecule has 0 fully saturated rings. The Balaban J connectivity index is 2.49. The van der Waals surface area contributed by atoms with Gasteiger partial charge in [-0.2, -0.15) is 0 Å². The molecule has 0 aromatic heterocycles. The molecule has 16 heavy (non-hydrogen) atoms. The van der Waals surface area contributed by atoms with Crippen LogP contribution in [0.25, 0.3) is 0 Å². The van der Waals surface area contributed by atoms with Crippen molar-refractivity contribution in [3.8, 4) is 0 Å². The van der Waals surface area contributed by atoms with E-state index in [0.29, 0.717) is 5.56 Å². The third-order valence-corrected chi connectivity index (χ3v) is 2.61. The van der Waals surface area contributed by atoms with Crippen molar-refractivity contribution >= 4 is 23.5 Å². The fraction of sp³-hybridized carbons (Fsp3) is 0.273. The fourth-order valence-corrected chi connectivity index (χ4v) is 1.50. The third kappa shape index (κ3) is 4.04. The molecule has 86 valence electrons. The highest BCUT2D eigenvalue weighted by atomic mass is 32.2. The molecule has 0 aliphatic heterocycles. The van der Waals surface area contributed by atoms with Crippen molar-refractivity contribution < 1.29 is 19.4 Å². The van der Waals surface area contributed by atoms with Crippen LogP contribution in [0.4, 0.5) is 0 Å². The maximum Gasteiger partial charge on any atom is 0.329 e. The number of carbonyl (C=O) groups is 2. The minimum absolute atomic E-state index is 0.203. The van der Waals surface area contributed by atoms with Gasteiger partial charge in [0.2, 0.25) is 0 Å². The van der Waals surface area contributed by atoms with Gasteiger partial charge in [-0.25, -0.2) is 4.79 Å². The van der Waals surface area contributed by atoms with Crippen LogP contribution in [-0.4, -0.2) is 36.3 Å². The smallest absolute Gasteiger partial charge is 0.329 e. The minimum Gasteiger partial charge on any atom is -0.480 e. The van der Waals surface area contributed by atoms with Crippen molar-refractivity contribution in [3.63, 3.8) is 0 Å². The molecule has 0 amide bonds. The molecule has 1 rings (SSSR count). The number of benzene rings is 1. The molecule has 0 heterocycles. The largest absolute Gasteiger partial charge is 0.480 e. The minimum atomic E-state index is -1.08. The molecule has 4 nitrogen and oxygen atoms in total. The average molecular weight is 240 g/mol. The highest BCUT2D eigenvalue weighted by Crippen LogP contribution is 2.15. The average Bonchev–Trinajstić information content (AvgIpc) is 2.28. The zero-order valence-corrected chi connectivity index (χ0v) is 9.62. The molecule has 0 atom stereocenters. The molecule has 0 saturated heterocycles. The molecular formula is C11H12O4S. The van der Waals surface area contributed by atoms with Gasteiger partial charge in [0, 0.05) is 10.5 Å². The summed E-state index contributed by atoms with van der Waals surface area (Å²) in [4.78, 5) is 22.7. The summed E-state index contributed by atoms with van der Waals surface area (Å²) in [5, 5.41) is 8.33. The van der Waals surface area contributed by atoms with Crippen LogP contribution in [0.1, 0.15) is 10.4 Å². The summed E-state index contributed by atoms with van der Waals surface area (Å²) in [6, 6.07) is 7.10. The molecule has 0 unspecified atom stereocenters. The summed E-state index contributed by atoms with van der Waals surface area (Å²) in [5.74, 6) is -1.29. The van der Waals surface area contributed by atoms with Gasteiger partial charge in [-0.1, -0.05) is 12.1 Å². The number of carbonyl (C=O) groups excluding carboxylic acids is 1. The standard InChI is InChI=1S/C11H12O4S/c1-16-9-4-2-8(3-5-9)10(12)6-15-7-11(13)14/h2-5H,6-7H2,1H3,(H,13,14). The lowest BCUT2D eigenvalue weighted by atomic mass is 10.1. The van der Waals surface area contributed by atoms with E-state index in [-0.39, 0.29) is 12.4 Å². The van der Waals surface area contributed by atoms with Gasteiger partial charge >= 0.3 is 5.97 Å². The van der Waals surface area contributed by atoms with E-state index in [1.165, 1.54) is 0 Å². The van der Waals surface area contributed by atoms with Crippen molar-refractivity contribution in [2.75, 3.05) is 19.5 Å². The number of Topliss-reactive ketones (excluding diaryl/α,β-unsaturated/α-hetero) is 1. The first-order chi connectivity index (χ1) is 7.63. The second-order valence-electron chi connectivity index (χ2n) is 3.04. The monoisotopic (exact) mass is 240 g/mol. The predicted octanol–water partition coefficient (Wildman–Crippen LogP) is 1.69. The van der Waals surface area contributed by atoms with E-state index in [0.717, 1.165) is 4.90 Å². The van der Waals surface area contributed by atoms with E-state index in [1.54, 1.807) is 23.9 Å². The van der Waals surface area contributed by atoms with Crippen LogP contribution in [0.2, 0.25) is 0 Å². The van der Waals surface area contributed by atoms with Crippen LogP contribution in [-0.2, 0) is 9.53 Å². The lowest BCUT2D eigenvalue weighted by Crippen LogP contribution is -2.14. The zero-order chi connectivity index (χ0) is 12.0. The number of ether oxygens (including phenoxy) is 1. The van der Waals surface area contributed by atoms with E-state index in [2.05, 4.69) is 0 Å². The number of hydrogen-bond acceptors (Lipinski definition) is 4. The Labute approximate surface area is 97.6 Å². The molecule has 0 saturated carbocycles. The summed E-state index contributed by atoms with van der Waals surface area (Å²) < 4.78 is 4.71. The van der Waals surface area contributed by atoms with Crippen LogP contribution in [0.3, 0.4) is 0 Å². The highest BCUT2D eigenvalue weighted by Gasteiger charge is 2.06. The maximum atomic E-state index is 11.5. The lowest BCUT2D eigenvalue weighted by Gasteiger charge is -2.02. The quantitative estimate of drug-likeness (QED) is 0.605. The van der Waals surface area contributed by atoms with Crippen molar-refractivity contribution in [2.24, 2.45) is 0 Å². The third-order valence-electron chi connectivity index (χ3n) is 1.87. The SMILES string of the molecule is CSc1ccc(C(=O)COCC(=O)O)cc1. The van der Waals surface area contributed by atoms with Gasteiger partial charge in [-0.05, 0) is 18.4 Å². The first kappa shape index (κ1) is 12.7. The predicted molar refractivity (Wildman–Crippen MR) is 61.0 cm³/mol. The maximum absolute atomic E-state index is 11.5. The fourth-order valence-electron chi connectivity index (χ4n) is 1.09. The van der Waals surface area contributed by atoms with Gasteiger partial charge in [0.1, 0.15) is 13.2 Å². The number of carboxylic acids is 1. The van der Waals surface area contributed by atoms with Gasteiger partial charge in [0.25, 0.3) is 0 Å². The first-order valence-electron chi connectivity index (χ1n) is 4.60. The number of aliphatic carboxylic acids is 1. The highest BCUT2D eigenvalue weighted by molar-refractivity contribution is 7.98. The number of rotatable bonds is 6. The molecule has 0 bridgehead atoms. The van der Waals surface area contributed by atoms with Crippen molar-refractivity contribution in [2.45, 2.75) is 4.90 Å². The molecule has 0 aliphatic rings. The number of ketones is 1. The molecule has 1 aromatic carbocycles. The van der Waals surface area contributed by atoms with Gasteiger partial charge in [0.05, 0.1) is 0 Å². The second-order valence-corrected chi connectivity index (χ2v) is 3.92. The second kappa shape index (κ2) is 6.30. The summed E-state index contributed by atoms with van der Waals surface area (Å²) in [6.07, 6.45) is 1.95. The molecule has 5 heteroatoms. The first-order valence-corrected chi connectivity index (χ1v) is 5.82. The van der Waals surface area contributed by atoms with Gasteiger partial charge in [-0.3, -0.25) is 4.79 Å². The Hall–Kier alpha value is -1.33. The van der Waals surface area contributed by atoms with E-state index in [1.807, 2.05) is 18.4 Å². The summed E-state index contributed by atoms with van der Waals surface area (Å²) in [5.41, 5.74) is 0.531. The Bertz CT molecular complexity index is 372. The van der Waals surface area contributed by atoms with Crippen LogP contribution in [0.15, 0.2) is 29.2 Å². The molecule has 0 radical (unpaired) electrons. The molecule has 1 N–H and O–H groups in total. The normalized spacial score (nSPS) is 10.1. The van der Waals surface area contributed by atoms with Crippen LogP contribution in [0.5, 0.6) is 0 Å². The Morgan fingerprint density at radius 1 is 1.25 bits per heavy atom. The van der Waals surface area contributed by atoms with Gasteiger partial charge in [0.15, 0.2) is 5.78 Å². The van der Waals surface area contributed by atoms with E-state index >= 15 is 0 Å². The van der Waals surface area contributed by atoms with Crippen molar-refractivity contribution in [3.05, 3.63) is 29.8 Å². The topological polar surface area (TPSA) is 63.6 Å². The summed E-state index contributed by atoms with van der Waals surface area (Å²) in [6.45, 7) is -0.653. The van der Waals surface area contributed by atoms with E-state index in [9.17, 15) is 9.59 Å². The van der Waals surface area contributed by atoms with Crippen molar-refractivity contribution in [1.82, 2.24) is 0 Å². The van der Waals surface area contributed by atoms with Crippen LogP contribution < -0.4 is 0 Å². The van der Waals surface area contributed by atoms with Crippen molar-refractivity contribution in [1.29, 1.82) is 0 Å². The van der Waals surface area contributed by atoms with Gasteiger partial charge < -0.3 is 9.84 Å². The Kier molecular flexibility index (Phi) is 5.01.